The molecule has 35 heavy (non-hydrogen) atoms. The summed E-state index contributed by atoms with van der Waals surface area (Å²) in [6, 6.07) is 7.95. The van der Waals surface area contributed by atoms with E-state index in [9.17, 15) is 9.59 Å². The lowest BCUT2D eigenvalue weighted by atomic mass is 9.47. The Kier molecular flexibility index (Phi) is 6.60. The van der Waals surface area contributed by atoms with Gasteiger partial charge in [0.05, 0.1) is 17.6 Å². The normalized spacial score (nSPS) is 27.7. The number of hydrogen-bond donors (Lipinski definition) is 0. The molecule has 4 atom stereocenters. The molecule has 2 bridgehead atoms. The molecule has 1 aliphatic heterocycles. The third-order valence-corrected chi connectivity index (χ3v) is 9.10. The van der Waals surface area contributed by atoms with E-state index < -0.39 is 5.97 Å². The van der Waals surface area contributed by atoms with Gasteiger partial charge in [-0.25, -0.2) is 9.78 Å². The molecule has 1 aromatic carbocycles. The molecule has 1 aromatic heterocycles. The van der Waals surface area contributed by atoms with Gasteiger partial charge < -0.3 is 9.30 Å². The summed E-state index contributed by atoms with van der Waals surface area (Å²) in [6.45, 7) is 11.0. The van der Waals surface area contributed by atoms with Gasteiger partial charge in [0, 0.05) is 18.6 Å². The maximum atomic E-state index is 13.4. The molecule has 2 unspecified atom stereocenters. The summed E-state index contributed by atoms with van der Waals surface area (Å²) in [5.74, 6) is 1.04. The number of hydrogen-bond acceptors (Lipinski definition) is 5. The van der Waals surface area contributed by atoms with Crippen molar-refractivity contribution >= 4 is 17.0 Å². The molecule has 6 nitrogen and oxygen atoms in total. The van der Waals surface area contributed by atoms with Gasteiger partial charge in [0.15, 0.2) is 0 Å². The highest BCUT2D eigenvalue weighted by Gasteiger charge is 2.51. The third-order valence-electron chi connectivity index (χ3n) is 9.10. The Bertz CT molecular complexity index is 1200. The number of esters is 1. The molecule has 2 aromatic rings. The van der Waals surface area contributed by atoms with Crippen molar-refractivity contribution in [1.29, 1.82) is 0 Å². The van der Waals surface area contributed by atoms with E-state index in [2.05, 4.69) is 36.7 Å². The summed E-state index contributed by atoms with van der Waals surface area (Å²) in [5, 5.41) is 0. The van der Waals surface area contributed by atoms with Crippen molar-refractivity contribution in [3.63, 3.8) is 0 Å². The van der Waals surface area contributed by atoms with Crippen LogP contribution in [0.15, 0.2) is 40.7 Å². The van der Waals surface area contributed by atoms with E-state index in [0.717, 1.165) is 43.3 Å². The van der Waals surface area contributed by atoms with E-state index in [1.165, 1.54) is 25.7 Å². The molecule has 3 aliphatic carbocycles. The fourth-order valence-corrected chi connectivity index (χ4v) is 6.95. The summed E-state index contributed by atoms with van der Waals surface area (Å²) in [4.78, 5) is 32.8. The number of aromatic nitrogens is 2. The Hall–Kier alpha value is -2.47. The quantitative estimate of drug-likeness (QED) is 0.396. The Morgan fingerprint density at radius 1 is 1.29 bits per heavy atom. The molecule has 0 amide bonds. The average Bonchev–Trinajstić information content (AvgIpc) is 3.29. The SMILES string of the molecule is CCOC(=O)c1nc2ccccc2n([C@@H](C)C[C@H]2CCCN2C/C=C2\CCC3CC2C3(C)C)c1=O. The van der Waals surface area contributed by atoms with E-state index in [-0.39, 0.29) is 23.9 Å². The second-order valence-electron chi connectivity index (χ2n) is 11.3. The fourth-order valence-electron chi connectivity index (χ4n) is 6.95. The maximum absolute atomic E-state index is 13.4. The summed E-state index contributed by atoms with van der Waals surface area (Å²) in [5.41, 5.74) is 3.09. The minimum absolute atomic E-state index is 0.0529. The van der Waals surface area contributed by atoms with Crippen LogP contribution in [-0.4, -0.2) is 46.2 Å². The molecule has 2 heterocycles. The van der Waals surface area contributed by atoms with Gasteiger partial charge >= 0.3 is 5.97 Å². The molecule has 0 radical (unpaired) electrons. The van der Waals surface area contributed by atoms with Crippen LogP contribution in [0.1, 0.15) is 82.8 Å². The first-order chi connectivity index (χ1) is 16.8. The summed E-state index contributed by atoms with van der Waals surface area (Å²) in [6.07, 6.45) is 9.72. The molecular weight excluding hydrogens is 438 g/mol. The highest BCUT2D eigenvalue weighted by atomic mass is 16.5. The largest absolute Gasteiger partial charge is 0.461 e. The number of benzene rings is 1. The van der Waals surface area contributed by atoms with Gasteiger partial charge in [-0.05, 0) is 88.3 Å². The van der Waals surface area contributed by atoms with Crippen molar-refractivity contribution in [3.8, 4) is 0 Å². The molecular formula is C29H39N3O3. The number of para-hydroxylation sites is 2. The van der Waals surface area contributed by atoms with Crippen LogP contribution in [0.3, 0.4) is 0 Å². The molecule has 3 saturated carbocycles. The van der Waals surface area contributed by atoms with Crippen LogP contribution in [0.25, 0.3) is 11.0 Å². The second kappa shape index (κ2) is 9.53. The van der Waals surface area contributed by atoms with Gasteiger partial charge in [0.25, 0.3) is 5.56 Å². The summed E-state index contributed by atoms with van der Waals surface area (Å²) < 4.78 is 6.90. The van der Waals surface area contributed by atoms with Crippen molar-refractivity contribution < 1.29 is 9.53 Å². The van der Waals surface area contributed by atoms with Crippen molar-refractivity contribution in [1.82, 2.24) is 14.5 Å². The summed E-state index contributed by atoms with van der Waals surface area (Å²) in [7, 11) is 0. The zero-order valence-electron chi connectivity index (χ0n) is 21.6. The van der Waals surface area contributed by atoms with Crippen LogP contribution in [0.5, 0.6) is 0 Å². The fraction of sp³-hybridized carbons (Fsp3) is 0.621. The lowest BCUT2D eigenvalue weighted by Gasteiger charge is -2.58. The lowest BCUT2D eigenvalue weighted by Crippen LogP contribution is -2.49. The molecule has 4 aliphatic rings. The minimum atomic E-state index is -0.646. The lowest BCUT2D eigenvalue weighted by molar-refractivity contribution is -0.0281. The zero-order chi connectivity index (χ0) is 24.7. The number of likely N-dealkylation sites (tertiary alicyclic amines) is 1. The molecule has 6 heteroatoms. The third kappa shape index (κ3) is 4.35. The van der Waals surface area contributed by atoms with Gasteiger partial charge in [-0.2, -0.15) is 0 Å². The Morgan fingerprint density at radius 2 is 2.09 bits per heavy atom. The first kappa shape index (κ1) is 24.2. The predicted octanol–water partition coefficient (Wildman–Crippen LogP) is 5.37. The van der Waals surface area contributed by atoms with E-state index in [1.54, 1.807) is 17.1 Å². The van der Waals surface area contributed by atoms with Crippen molar-refractivity contribution in [3.05, 3.63) is 52.0 Å². The molecule has 0 spiro atoms. The number of allylic oxidation sites excluding steroid dienone is 1. The number of carbonyl (C=O) groups is 1. The highest BCUT2D eigenvalue weighted by molar-refractivity contribution is 5.89. The van der Waals surface area contributed by atoms with E-state index in [0.29, 0.717) is 17.0 Å². The maximum Gasteiger partial charge on any atom is 0.362 e. The first-order valence-electron chi connectivity index (χ1n) is 13.4. The average molecular weight is 478 g/mol. The minimum Gasteiger partial charge on any atom is -0.461 e. The Morgan fingerprint density at radius 3 is 2.83 bits per heavy atom. The van der Waals surface area contributed by atoms with Crippen molar-refractivity contribution in [2.24, 2.45) is 17.3 Å². The number of fused-ring (bicyclic) bond motifs is 3. The van der Waals surface area contributed by atoms with Crippen molar-refractivity contribution in [2.45, 2.75) is 78.3 Å². The number of ether oxygens (including phenoxy) is 1. The Labute approximate surface area is 208 Å². The van der Waals surface area contributed by atoms with Crippen LogP contribution < -0.4 is 5.56 Å². The molecule has 1 saturated heterocycles. The zero-order valence-corrected chi connectivity index (χ0v) is 21.6. The molecule has 6 rings (SSSR count). The monoisotopic (exact) mass is 477 g/mol. The summed E-state index contributed by atoms with van der Waals surface area (Å²) >= 11 is 0. The topological polar surface area (TPSA) is 64.4 Å². The van der Waals surface area contributed by atoms with Gasteiger partial charge in [-0.1, -0.05) is 37.6 Å². The van der Waals surface area contributed by atoms with Crippen LogP contribution in [-0.2, 0) is 4.74 Å². The van der Waals surface area contributed by atoms with Crippen molar-refractivity contribution in [2.75, 3.05) is 19.7 Å². The van der Waals surface area contributed by atoms with E-state index in [1.807, 2.05) is 24.3 Å². The van der Waals surface area contributed by atoms with Gasteiger partial charge in [-0.3, -0.25) is 9.69 Å². The predicted molar refractivity (Wildman–Crippen MR) is 139 cm³/mol. The van der Waals surface area contributed by atoms with Gasteiger partial charge in [-0.15, -0.1) is 0 Å². The first-order valence-corrected chi connectivity index (χ1v) is 13.4. The van der Waals surface area contributed by atoms with Gasteiger partial charge in [0.1, 0.15) is 0 Å². The van der Waals surface area contributed by atoms with Gasteiger partial charge in [0.2, 0.25) is 5.69 Å². The van der Waals surface area contributed by atoms with Crippen LogP contribution in [0.4, 0.5) is 0 Å². The van der Waals surface area contributed by atoms with Crippen LogP contribution in [0.2, 0.25) is 0 Å². The molecule has 4 fully saturated rings. The standard InChI is InChI=1S/C29H39N3O3/c1-5-35-28(34)26-27(33)32(25-11-7-6-10-24(25)30-26)19(2)17-22-9-8-15-31(22)16-14-20-12-13-21-18-23(20)29(21,3)4/h6-7,10-11,14,19,21-23H,5,8-9,12-13,15-18H2,1-4H3/b20-14+/t19-,21?,22+,23?/m0/s1. The number of nitrogens with zero attached hydrogens (tertiary/aromatic N) is 3. The second-order valence-corrected chi connectivity index (χ2v) is 11.3. The number of carbonyl (C=O) groups excluding carboxylic acids is 1. The molecule has 188 valence electrons. The smallest absolute Gasteiger partial charge is 0.362 e. The molecule has 0 N–H and O–H groups in total. The number of rotatable bonds is 7. The van der Waals surface area contributed by atoms with Crippen LogP contribution >= 0.6 is 0 Å². The van der Waals surface area contributed by atoms with Crippen LogP contribution in [0, 0.1) is 17.3 Å². The van der Waals surface area contributed by atoms with E-state index in [4.69, 9.17) is 4.74 Å². The Balaban J connectivity index is 1.36. The van der Waals surface area contributed by atoms with E-state index >= 15 is 0 Å². The highest BCUT2D eigenvalue weighted by Crippen LogP contribution is 2.61.